The molecule has 0 bridgehead atoms. The molecule has 0 N–H and O–H groups in total. The van der Waals surface area contributed by atoms with Crippen LogP contribution in [0.25, 0.3) is 0 Å². The maximum absolute atomic E-state index is 9.66. The first kappa shape index (κ1) is 5.93. The molecule has 6 heavy (non-hydrogen) atoms. The van der Waals surface area contributed by atoms with Crippen LogP contribution in [0.1, 0.15) is 0 Å². The largest absolute Gasteiger partial charge is 0.683 e. The molecular formula is C2H3ClO2P+. The lowest BCUT2D eigenvalue weighted by Gasteiger charge is -1.62. The lowest BCUT2D eigenvalue weighted by atomic mass is 11.2. The molecule has 0 spiro atoms. The molecule has 0 aliphatic heterocycles. The average molecular weight is 125 g/mol. The Labute approximate surface area is 41.4 Å². The van der Waals surface area contributed by atoms with Crippen molar-refractivity contribution in [3.05, 3.63) is 12.8 Å². The van der Waals surface area contributed by atoms with E-state index in [1.807, 2.05) is 0 Å². The highest BCUT2D eigenvalue weighted by Crippen LogP contribution is 2.26. The van der Waals surface area contributed by atoms with Crippen molar-refractivity contribution in [1.82, 2.24) is 0 Å². The SMILES string of the molecule is C=CO[P+](=O)Cl. The smallest absolute Gasteiger partial charge is 0.249 e. The van der Waals surface area contributed by atoms with E-state index in [0.717, 1.165) is 6.26 Å². The molecule has 0 aliphatic carbocycles. The molecule has 0 fully saturated rings. The fourth-order valence-corrected chi connectivity index (χ4v) is 0.345. The van der Waals surface area contributed by atoms with Gasteiger partial charge in [0.25, 0.3) is 11.2 Å². The standard InChI is InChI=1S/C2H3ClO2P/c1-2-5-6(3)4/h2H,1H2/q+1. The van der Waals surface area contributed by atoms with Crippen LogP contribution < -0.4 is 0 Å². The van der Waals surface area contributed by atoms with Crippen molar-refractivity contribution in [2.75, 3.05) is 0 Å². The van der Waals surface area contributed by atoms with Crippen LogP contribution in [0.5, 0.6) is 0 Å². The molecular weight excluding hydrogens is 122 g/mol. The molecule has 0 amide bonds. The third-order valence-electron chi connectivity index (χ3n) is 0.157. The van der Waals surface area contributed by atoms with Gasteiger partial charge in [-0.1, -0.05) is 6.58 Å². The molecule has 1 atom stereocenters. The summed E-state index contributed by atoms with van der Waals surface area (Å²) in [5.74, 6) is 0. The van der Waals surface area contributed by atoms with Crippen molar-refractivity contribution in [2.24, 2.45) is 0 Å². The van der Waals surface area contributed by atoms with E-state index in [1.165, 1.54) is 0 Å². The molecule has 0 aromatic carbocycles. The van der Waals surface area contributed by atoms with Gasteiger partial charge in [-0.25, -0.2) is 4.52 Å². The van der Waals surface area contributed by atoms with Crippen molar-refractivity contribution in [1.29, 1.82) is 0 Å². The van der Waals surface area contributed by atoms with Gasteiger partial charge in [-0.3, -0.25) is 0 Å². The predicted molar refractivity (Wildman–Crippen MR) is 24.7 cm³/mol. The summed E-state index contributed by atoms with van der Waals surface area (Å²) in [6.45, 7) is 3.11. The van der Waals surface area contributed by atoms with E-state index in [1.54, 1.807) is 0 Å². The van der Waals surface area contributed by atoms with Crippen molar-refractivity contribution >= 4 is 18.6 Å². The highest BCUT2D eigenvalue weighted by Gasteiger charge is 2.06. The lowest BCUT2D eigenvalue weighted by molar-refractivity contribution is 0.479. The number of halogens is 1. The minimum Gasteiger partial charge on any atom is -0.249 e. The van der Waals surface area contributed by atoms with Crippen LogP contribution in [-0.2, 0) is 9.09 Å². The molecule has 4 heteroatoms. The molecule has 0 saturated heterocycles. The van der Waals surface area contributed by atoms with Gasteiger partial charge in [0.1, 0.15) is 6.26 Å². The summed E-state index contributed by atoms with van der Waals surface area (Å²) >= 11 is 4.79. The van der Waals surface area contributed by atoms with E-state index in [4.69, 9.17) is 11.2 Å². The number of rotatable bonds is 2. The van der Waals surface area contributed by atoms with Crippen LogP contribution in [0.15, 0.2) is 12.8 Å². The van der Waals surface area contributed by atoms with Gasteiger partial charge in [-0.2, -0.15) is 0 Å². The highest BCUT2D eigenvalue weighted by molar-refractivity contribution is 7.69. The van der Waals surface area contributed by atoms with Crippen LogP contribution in [0, 0.1) is 0 Å². The summed E-state index contributed by atoms with van der Waals surface area (Å²) in [6.07, 6.45) is 1.03. The summed E-state index contributed by atoms with van der Waals surface area (Å²) in [5.41, 5.74) is 0. The van der Waals surface area contributed by atoms with Crippen molar-refractivity contribution in [3.8, 4) is 0 Å². The predicted octanol–water partition coefficient (Wildman–Crippen LogP) is 2.04. The maximum Gasteiger partial charge on any atom is 0.683 e. The van der Waals surface area contributed by atoms with Gasteiger partial charge in [0.15, 0.2) is 0 Å². The van der Waals surface area contributed by atoms with Gasteiger partial charge in [-0.15, -0.1) is 0 Å². The summed E-state index contributed by atoms with van der Waals surface area (Å²) in [5, 5.41) is 0. The molecule has 0 aromatic heterocycles. The summed E-state index contributed by atoms with van der Waals surface area (Å²) in [7, 11) is -2.00. The Bertz CT molecular complexity index is 71.9. The van der Waals surface area contributed by atoms with Crippen molar-refractivity contribution in [3.63, 3.8) is 0 Å². The maximum atomic E-state index is 9.66. The van der Waals surface area contributed by atoms with E-state index in [0.29, 0.717) is 0 Å². The first-order chi connectivity index (χ1) is 2.77. The van der Waals surface area contributed by atoms with Crippen LogP contribution >= 0.6 is 18.6 Å². The Morgan fingerprint density at radius 3 is 2.50 bits per heavy atom. The van der Waals surface area contributed by atoms with Crippen LogP contribution in [0.3, 0.4) is 0 Å². The summed E-state index contributed by atoms with van der Waals surface area (Å²) in [4.78, 5) is 0. The highest BCUT2D eigenvalue weighted by atomic mass is 35.7. The molecule has 1 unspecified atom stereocenters. The van der Waals surface area contributed by atoms with E-state index in [-0.39, 0.29) is 0 Å². The fourth-order valence-electron chi connectivity index (χ4n) is 0.0586. The first-order valence-corrected chi connectivity index (χ1v) is 3.26. The fraction of sp³-hybridized carbons (Fsp3) is 0. The molecule has 0 rings (SSSR count). The minimum absolute atomic E-state index is 1.03. The van der Waals surface area contributed by atoms with Crippen molar-refractivity contribution < 1.29 is 9.09 Å². The van der Waals surface area contributed by atoms with Gasteiger partial charge >= 0.3 is 7.38 Å². The van der Waals surface area contributed by atoms with Gasteiger partial charge in [0.05, 0.1) is 0 Å². The van der Waals surface area contributed by atoms with Crippen LogP contribution in [0.4, 0.5) is 0 Å². The van der Waals surface area contributed by atoms with Crippen LogP contribution in [0.2, 0.25) is 0 Å². The van der Waals surface area contributed by atoms with Gasteiger partial charge in [0.2, 0.25) is 0 Å². The third-order valence-corrected chi connectivity index (χ3v) is 0.711. The Morgan fingerprint density at radius 1 is 2.00 bits per heavy atom. The first-order valence-electron chi connectivity index (χ1n) is 1.18. The zero-order valence-corrected chi connectivity index (χ0v) is 4.58. The molecule has 34 valence electrons. The zero-order chi connectivity index (χ0) is 4.99. The van der Waals surface area contributed by atoms with Gasteiger partial charge in [-0.05, 0) is 0 Å². The van der Waals surface area contributed by atoms with E-state index in [9.17, 15) is 4.57 Å². The Kier molecular flexibility index (Phi) is 3.10. The molecule has 0 saturated carbocycles. The molecule has 0 radical (unpaired) electrons. The second kappa shape index (κ2) is 3.13. The van der Waals surface area contributed by atoms with Crippen molar-refractivity contribution in [2.45, 2.75) is 0 Å². The topological polar surface area (TPSA) is 26.3 Å². The molecule has 2 nitrogen and oxygen atoms in total. The minimum atomic E-state index is -2.00. The van der Waals surface area contributed by atoms with Crippen LogP contribution in [-0.4, -0.2) is 0 Å². The van der Waals surface area contributed by atoms with E-state index < -0.39 is 7.38 Å². The second-order valence-electron chi connectivity index (χ2n) is 0.485. The molecule has 0 heterocycles. The average Bonchev–Trinajstić information content (AvgIpc) is 1.35. The number of hydrogen-bond donors (Lipinski definition) is 0. The van der Waals surface area contributed by atoms with E-state index >= 15 is 0 Å². The van der Waals surface area contributed by atoms with E-state index in [2.05, 4.69) is 11.1 Å². The Balaban J connectivity index is 3.05. The monoisotopic (exact) mass is 125 g/mol. The van der Waals surface area contributed by atoms with Gasteiger partial charge in [0, 0.05) is 4.57 Å². The normalized spacial score (nSPS) is 9.83. The van der Waals surface area contributed by atoms with Gasteiger partial charge < -0.3 is 0 Å². The number of hydrogen-bond acceptors (Lipinski definition) is 2. The summed E-state index contributed by atoms with van der Waals surface area (Å²) < 4.78 is 13.7. The molecule has 0 aliphatic rings. The second-order valence-corrected chi connectivity index (χ2v) is 1.95. The zero-order valence-electron chi connectivity index (χ0n) is 2.93. The molecule has 0 aromatic rings. The Morgan fingerprint density at radius 2 is 2.50 bits per heavy atom. The quantitative estimate of drug-likeness (QED) is 0.417. The Hall–Kier alpha value is -0.0700. The lowest BCUT2D eigenvalue weighted by Crippen LogP contribution is -1.48. The third kappa shape index (κ3) is 3.93. The summed E-state index contributed by atoms with van der Waals surface area (Å²) in [6, 6.07) is 0.